The lowest BCUT2D eigenvalue weighted by atomic mass is 10.1. The molecule has 1 amide bonds. The number of benzene rings is 3. The highest BCUT2D eigenvalue weighted by molar-refractivity contribution is 5.92. The summed E-state index contributed by atoms with van der Waals surface area (Å²) >= 11 is 0. The van der Waals surface area contributed by atoms with Crippen LogP contribution in [0.2, 0.25) is 0 Å². The molecule has 0 fully saturated rings. The molecule has 4 rings (SSSR count). The van der Waals surface area contributed by atoms with Crippen LogP contribution in [0.4, 0.5) is 5.69 Å². The number of anilines is 1. The van der Waals surface area contributed by atoms with Crippen molar-refractivity contribution in [3.63, 3.8) is 0 Å². The highest BCUT2D eigenvalue weighted by Crippen LogP contribution is 2.30. The van der Waals surface area contributed by atoms with E-state index < -0.39 is 0 Å². The van der Waals surface area contributed by atoms with Gasteiger partial charge in [-0.15, -0.1) is 0 Å². The van der Waals surface area contributed by atoms with Gasteiger partial charge in [0, 0.05) is 11.3 Å². The number of carbonyl (C=O) groups excluding carboxylic acids is 1. The van der Waals surface area contributed by atoms with Crippen molar-refractivity contribution in [3.05, 3.63) is 84.4 Å². The van der Waals surface area contributed by atoms with E-state index >= 15 is 0 Å². The van der Waals surface area contributed by atoms with Crippen LogP contribution < -0.4 is 10.1 Å². The smallest absolute Gasteiger partial charge is 0.262 e. The van der Waals surface area contributed by atoms with E-state index in [9.17, 15) is 4.79 Å². The number of hydrogen-bond acceptors (Lipinski definition) is 5. The van der Waals surface area contributed by atoms with Gasteiger partial charge < -0.3 is 14.6 Å². The number of rotatable bonds is 6. The highest BCUT2D eigenvalue weighted by atomic mass is 16.5. The summed E-state index contributed by atoms with van der Waals surface area (Å²) < 4.78 is 10.8. The standard InChI is InChI=1S/C23H19N3O3/c1-28-20-13-6-5-12-19(20)23-25-22(26-29-23)17-10-7-11-18(15-17)24-21(27)14-16-8-3-2-4-9-16/h2-13,15H,14H2,1H3,(H,24,27). The van der Waals surface area contributed by atoms with Gasteiger partial charge in [-0.05, 0) is 29.8 Å². The molecule has 29 heavy (non-hydrogen) atoms. The second kappa shape index (κ2) is 8.39. The maximum Gasteiger partial charge on any atom is 0.262 e. The van der Waals surface area contributed by atoms with Crippen LogP contribution in [0.5, 0.6) is 5.75 Å². The van der Waals surface area contributed by atoms with E-state index in [1.54, 1.807) is 7.11 Å². The topological polar surface area (TPSA) is 77.2 Å². The Morgan fingerprint density at radius 2 is 1.79 bits per heavy atom. The lowest BCUT2D eigenvalue weighted by Gasteiger charge is -2.06. The van der Waals surface area contributed by atoms with Crippen LogP contribution in [0.3, 0.4) is 0 Å². The van der Waals surface area contributed by atoms with Gasteiger partial charge >= 0.3 is 0 Å². The minimum atomic E-state index is -0.0869. The Morgan fingerprint density at radius 1 is 1.00 bits per heavy atom. The van der Waals surface area contributed by atoms with Crippen molar-refractivity contribution in [1.82, 2.24) is 10.1 Å². The number of methoxy groups -OCH3 is 1. The van der Waals surface area contributed by atoms with Crippen molar-refractivity contribution in [2.24, 2.45) is 0 Å². The summed E-state index contributed by atoms with van der Waals surface area (Å²) in [5.74, 6) is 1.38. The van der Waals surface area contributed by atoms with Crippen LogP contribution in [0.1, 0.15) is 5.56 Å². The Bertz CT molecular complexity index is 1120. The molecule has 1 N–H and O–H groups in total. The van der Waals surface area contributed by atoms with Gasteiger partial charge in [-0.3, -0.25) is 4.79 Å². The second-order valence-electron chi connectivity index (χ2n) is 6.41. The van der Waals surface area contributed by atoms with E-state index in [2.05, 4.69) is 15.5 Å². The van der Waals surface area contributed by atoms with E-state index in [0.717, 1.165) is 16.7 Å². The van der Waals surface area contributed by atoms with Gasteiger partial charge in [0.05, 0.1) is 19.1 Å². The molecule has 6 heteroatoms. The molecule has 0 radical (unpaired) electrons. The van der Waals surface area contributed by atoms with Gasteiger partial charge in [-0.2, -0.15) is 4.98 Å². The average molecular weight is 385 g/mol. The molecular weight excluding hydrogens is 366 g/mol. The van der Waals surface area contributed by atoms with Gasteiger partial charge in [-0.25, -0.2) is 0 Å². The summed E-state index contributed by atoms with van der Waals surface area (Å²) in [5.41, 5.74) is 3.10. The van der Waals surface area contributed by atoms with Crippen molar-refractivity contribution in [2.45, 2.75) is 6.42 Å². The molecule has 0 saturated carbocycles. The first-order valence-electron chi connectivity index (χ1n) is 9.14. The van der Waals surface area contributed by atoms with Crippen molar-refractivity contribution < 1.29 is 14.1 Å². The zero-order chi connectivity index (χ0) is 20.1. The molecule has 6 nitrogen and oxygen atoms in total. The molecular formula is C23H19N3O3. The van der Waals surface area contributed by atoms with E-state index in [0.29, 0.717) is 29.6 Å². The Morgan fingerprint density at radius 3 is 2.62 bits per heavy atom. The molecule has 0 bridgehead atoms. The van der Waals surface area contributed by atoms with E-state index in [-0.39, 0.29) is 5.91 Å². The van der Waals surface area contributed by atoms with E-state index in [4.69, 9.17) is 9.26 Å². The minimum absolute atomic E-state index is 0.0869. The normalized spacial score (nSPS) is 10.5. The van der Waals surface area contributed by atoms with Crippen LogP contribution in [-0.2, 0) is 11.2 Å². The maximum absolute atomic E-state index is 12.3. The fraction of sp³-hybridized carbons (Fsp3) is 0.0870. The highest BCUT2D eigenvalue weighted by Gasteiger charge is 2.15. The van der Waals surface area contributed by atoms with E-state index in [1.807, 2.05) is 78.9 Å². The summed E-state index contributed by atoms with van der Waals surface area (Å²) in [4.78, 5) is 16.8. The molecule has 3 aromatic carbocycles. The Kier molecular flexibility index (Phi) is 5.33. The third-order valence-corrected chi connectivity index (χ3v) is 4.38. The first kappa shape index (κ1) is 18.4. The minimum Gasteiger partial charge on any atom is -0.496 e. The van der Waals surface area contributed by atoms with Crippen molar-refractivity contribution >= 4 is 11.6 Å². The Balaban J connectivity index is 1.52. The van der Waals surface area contributed by atoms with E-state index in [1.165, 1.54) is 0 Å². The van der Waals surface area contributed by atoms with Crippen LogP contribution >= 0.6 is 0 Å². The summed E-state index contributed by atoms with van der Waals surface area (Å²) in [5, 5.41) is 6.98. The van der Waals surface area contributed by atoms with Crippen LogP contribution in [0.15, 0.2) is 83.4 Å². The SMILES string of the molecule is COc1ccccc1-c1nc(-c2cccc(NC(=O)Cc3ccccc3)c2)no1. The number of ether oxygens (including phenoxy) is 1. The predicted molar refractivity (Wildman–Crippen MR) is 110 cm³/mol. The van der Waals surface area contributed by atoms with Crippen LogP contribution in [-0.4, -0.2) is 23.2 Å². The monoisotopic (exact) mass is 385 g/mol. The van der Waals surface area contributed by atoms with Crippen LogP contribution in [0, 0.1) is 0 Å². The number of nitrogens with one attached hydrogen (secondary N) is 1. The molecule has 4 aromatic rings. The van der Waals surface area contributed by atoms with Crippen molar-refractivity contribution in [2.75, 3.05) is 12.4 Å². The number of nitrogens with zero attached hydrogens (tertiary/aromatic N) is 2. The molecule has 0 saturated heterocycles. The van der Waals surface area contributed by atoms with Crippen molar-refractivity contribution in [1.29, 1.82) is 0 Å². The number of para-hydroxylation sites is 1. The molecule has 0 unspecified atom stereocenters. The van der Waals surface area contributed by atoms with Crippen molar-refractivity contribution in [3.8, 4) is 28.6 Å². The first-order chi connectivity index (χ1) is 14.2. The first-order valence-corrected chi connectivity index (χ1v) is 9.14. The molecule has 0 spiro atoms. The fourth-order valence-corrected chi connectivity index (χ4v) is 2.99. The summed E-state index contributed by atoms with van der Waals surface area (Å²) in [7, 11) is 1.59. The predicted octanol–water partition coefficient (Wildman–Crippen LogP) is 4.59. The van der Waals surface area contributed by atoms with Gasteiger partial charge in [0.2, 0.25) is 11.7 Å². The summed E-state index contributed by atoms with van der Waals surface area (Å²) in [6.07, 6.45) is 0.311. The zero-order valence-corrected chi connectivity index (χ0v) is 15.8. The quantitative estimate of drug-likeness (QED) is 0.525. The molecule has 144 valence electrons. The molecule has 1 heterocycles. The van der Waals surface area contributed by atoms with Gasteiger partial charge in [0.25, 0.3) is 5.89 Å². The molecule has 0 aliphatic rings. The number of aromatic nitrogens is 2. The number of amides is 1. The zero-order valence-electron chi connectivity index (χ0n) is 15.8. The number of hydrogen-bond donors (Lipinski definition) is 1. The summed E-state index contributed by atoms with van der Waals surface area (Å²) in [6.45, 7) is 0. The molecule has 0 aliphatic heterocycles. The maximum atomic E-state index is 12.3. The third kappa shape index (κ3) is 4.32. The fourth-order valence-electron chi connectivity index (χ4n) is 2.99. The molecule has 0 atom stereocenters. The Labute approximate surface area is 168 Å². The van der Waals surface area contributed by atoms with Gasteiger partial charge in [-0.1, -0.05) is 59.8 Å². The lowest BCUT2D eigenvalue weighted by Crippen LogP contribution is -2.14. The third-order valence-electron chi connectivity index (χ3n) is 4.38. The lowest BCUT2D eigenvalue weighted by molar-refractivity contribution is -0.115. The molecule has 1 aromatic heterocycles. The van der Waals surface area contributed by atoms with Gasteiger partial charge in [0.15, 0.2) is 0 Å². The number of carbonyl (C=O) groups is 1. The largest absolute Gasteiger partial charge is 0.496 e. The van der Waals surface area contributed by atoms with Crippen LogP contribution in [0.25, 0.3) is 22.8 Å². The summed E-state index contributed by atoms with van der Waals surface area (Å²) in [6, 6.07) is 24.4. The molecule has 0 aliphatic carbocycles. The second-order valence-corrected chi connectivity index (χ2v) is 6.41. The van der Waals surface area contributed by atoms with Gasteiger partial charge in [0.1, 0.15) is 5.75 Å². The Hall–Kier alpha value is -3.93. The average Bonchev–Trinajstić information content (AvgIpc) is 3.25.